The van der Waals surface area contributed by atoms with Crippen molar-refractivity contribution < 1.29 is 0 Å². The second-order valence-electron chi connectivity index (χ2n) is 1.78. The van der Waals surface area contributed by atoms with E-state index >= 15 is 0 Å². The summed E-state index contributed by atoms with van der Waals surface area (Å²) < 4.78 is 1.72. The fourth-order valence-electron chi connectivity index (χ4n) is 0.609. The van der Waals surface area contributed by atoms with Crippen LogP contribution in [0.25, 0.3) is 0 Å². The van der Waals surface area contributed by atoms with Crippen molar-refractivity contribution in [3.8, 4) is 0 Å². The van der Waals surface area contributed by atoms with Gasteiger partial charge in [-0.3, -0.25) is 4.68 Å². The van der Waals surface area contributed by atoms with Gasteiger partial charge >= 0.3 is 0 Å². The van der Waals surface area contributed by atoms with Gasteiger partial charge in [0.15, 0.2) is 0 Å². The van der Waals surface area contributed by atoms with Gasteiger partial charge < -0.3 is 0 Å². The molecular weight excluding hydrogens is 138 g/mol. The van der Waals surface area contributed by atoms with Crippen molar-refractivity contribution >= 4 is 11.6 Å². The summed E-state index contributed by atoms with van der Waals surface area (Å²) in [6.07, 6.45) is 2.69. The van der Waals surface area contributed by atoms with Gasteiger partial charge in [-0.05, 0) is 18.0 Å². The Morgan fingerprint density at radius 1 is 1.78 bits per heavy atom. The minimum Gasteiger partial charge on any atom is -0.251 e. The van der Waals surface area contributed by atoms with E-state index in [1.807, 2.05) is 0 Å². The second-order valence-corrected chi connectivity index (χ2v) is 2.11. The molecular formula is C5H8ClN3. The van der Waals surface area contributed by atoms with E-state index in [4.69, 9.17) is 11.6 Å². The van der Waals surface area contributed by atoms with E-state index in [0.717, 1.165) is 13.0 Å². The number of hydrogen-bond donors (Lipinski definition) is 0. The largest absolute Gasteiger partial charge is 0.251 e. The number of hydrogen-bond acceptors (Lipinski definition) is 2. The Kier molecular flexibility index (Phi) is 2.05. The summed E-state index contributed by atoms with van der Waals surface area (Å²) in [4.78, 5) is 3.75. The van der Waals surface area contributed by atoms with Gasteiger partial charge in [0.2, 0.25) is 5.28 Å². The van der Waals surface area contributed by atoms with E-state index in [0.29, 0.717) is 5.28 Å². The van der Waals surface area contributed by atoms with Crippen molar-refractivity contribution in [1.82, 2.24) is 14.8 Å². The smallest absolute Gasteiger partial charge is 0.242 e. The summed E-state index contributed by atoms with van der Waals surface area (Å²) in [6, 6.07) is 0. The van der Waals surface area contributed by atoms with E-state index in [2.05, 4.69) is 17.0 Å². The summed E-state index contributed by atoms with van der Waals surface area (Å²) in [7, 11) is 0. The van der Waals surface area contributed by atoms with Crippen molar-refractivity contribution in [2.24, 2.45) is 0 Å². The maximum absolute atomic E-state index is 5.45. The van der Waals surface area contributed by atoms with E-state index < -0.39 is 0 Å². The molecule has 1 aromatic heterocycles. The Hall–Kier alpha value is -0.570. The SMILES string of the molecule is CCCn1cnc(Cl)n1. The molecule has 0 radical (unpaired) electrons. The van der Waals surface area contributed by atoms with Crippen LogP contribution < -0.4 is 0 Å². The first-order valence-corrected chi connectivity index (χ1v) is 3.25. The molecule has 0 N–H and O–H groups in total. The molecule has 0 saturated heterocycles. The lowest BCUT2D eigenvalue weighted by molar-refractivity contribution is 0.601. The molecule has 0 amide bonds. The second kappa shape index (κ2) is 2.82. The fourth-order valence-corrected chi connectivity index (χ4v) is 0.749. The predicted octanol–water partition coefficient (Wildman–Crippen LogP) is 1.34. The lowest BCUT2D eigenvalue weighted by Gasteiger charge is -1.91. The van der Waals surface area contributed by atoms with Crippen LogP contribution >= 0.6 is 11.6 Å². The first-order chi connectivity index (χ1) is 4.33. The van der Waals surface area contributed by atoms with E-state index in [1.165, 1.54) is 0 Å². The Morgan fingerprint density at radius 3 is 3.00 bits per heavy atom. The van der Waals surface area contributed by atoms with Crippen LogP contribution in [0.4, 0.5) is 0 Å². The van der Waals surface area contributed by atoms with Crippen LogP contribution in [0.3, 0.4) is 0 Å². The topological polar surface area (TPSA) is 30.7 Å². The molecule has 1 heterocycles. The number of nitrogens with zero attached hydrogens (tertiary/aromatic N) is 3. The highest BCUT2D eigenvalue weighted by molar-refractivity contribution is 6.28. The van der Waals surface area contributed by atoms with Crippen LogP contribution in [0.5, 0.6) is 0 Å². The zero-order valence-corrected chi connectivity index (χ0v) is 5.97. The molecule has 0 atom stereocenters. The predicted molar refractivity (Wildman–Crippen MR) is 35.3 cm³/mol. The van der Waals surface area contributed by atoms with E-state index in [1.54, 1.807) is 11.0 Å². The number of halogens is 1. The van der Waals surface area contributed by atoms with Gasteiger partial charge in [-0.25, -0.2) is 4.98 Å². The molecule has 0 aliphatic carbocycles. The molecule has 0 fully saturated rings. The van der Waals surface area contributed by atoms with Gasteiger partial charge in [-0.15, -0.1) is 5.10 Å². The zero-order valence-electron chi connectivity index (χ0n) is 5.21. The van der Waals surface area contributed by atoms with Crippen molar-refractivity contribution in [1.29, 1.82) is 0 Å². The minimum atomic E-state index is 0.323. The minimum absolute atomic E-state index is 0.323. The van der Waals surface area contributed by atoms with Crippen LogP contribution in [-0.4, -0.2) is 14.8 Å². The van der Waals surface area contributed by atoms with Crippen molar-refractivity contribution in [3.05, 3.63) is 11.6 Å². The molecule has 1 rings (SSSR count). The van der Waals surface area contributed by atoms with Crippen molar-refractivity contribution in [3.63, 3.8) is 0 Å². The average Bonchev–Trinajstić information content (AvgIpc) is 2.17. The lowest BCUT2D eigenvalue weighted by Crippen LogP contribution is -1.95. The Balaban J connectivity index is 2.61. The molecule has 0 aliphatic rings. The van der Waals surface area contributed by atoms with E-state index in [9.17, 15) is 0 Å². The zero-order chi connectivity index (χ0) is 6.69. The molecule has 9 heavy (non-hydrogen) atoms. The summed E-state index contributed by atoms with van der Waals surface area (Å²) in [6.45, 7) is 2.97. The first kappa shape index (κ1) is 6.55. The molecule has 0 aliphatic heterocycles. The van der Waals surface area contributed by atoms with Gasteiger partial charge in [0, 0.05) is 6.54 Å². The highest BCUT2D eigenvalue weighted by Gasteiger charge is 1.92. The van der Waals surface area contributed by atoms with Crippen LogP contribution in [0.15, 0.2) is 6.33 Å². The quantitative estimate of drug-likeness (QED) is 0.629. The summed E-state index contributed by atoms with van der Waals surface area (Å²) in [5.41, 5.74) is 0. The van der Waals surface area contributed by atoms with Crippen LogP contribution in [-0.2, 0) is 6.54 Å². The number of rotatable bonds is 2. The molecule has 1 aromatic rings. The van der Waals surface area contributed by atoms with Crippen LogP contribution in [0, 0.1) is 0 Å². The first-order valence-electron chi connectivity index (χ1n) is 2.88. The molecule has 0 spiro atoms. The van der Waals surface area contributed by atoms with Gasteiger partial charge in [-0.1, -0.05) is 6.92 Å². The molecule has 0 unspecified atom stereocenters. The third-order valence-corrected chi connectivity index (χ3v) is 1.13. The third-order valence-electron chi connectivity index (χ3n) is 0.961. The van der Waals surface area contributed by atoms with Crippen molar-refractivity contribution in [2.75, 3.05) is 0 Å². The summed E-state index contributed by atoms with van der Waals surface area (Å²) >= 11 is 5.45. The normalized spacial score (nSPS) is 10.0. The summed E-state index contributed by atoms with van der Waals surface area (Å²) in [5, 5.41) is 4.19. The lowest BCUT2D eigenvalue weighted by atomic mass is 10.5. The summed E-state index contributed by atoms with van der Waals surface area (Å²) in [5.74, 6) is 0. The van der Waals surface area contributed by atoms with E-state index in [-0.39, 0.29) is 0 Å². The Bertz CT molecular complexity index is 184. The maximum atomic E-state index is 5.45. The molecule has 4 heteroatoms. The fraction of sp³-hybridized carbons (Fsp3) is 0.600. The highest BCUT2D eigenvalue weighted by atomic mass is 35.5. The molecule has 0 bridgehead atoms. The third kappa shape index (κ3) is 1.68. The number of aryl methyl sites for hydroxylation is 1. The van der Waals surface area contributed by atoms with Gasteiger partial charge in [0.05, 0.1) is 0 Å². The Labute approximate surface area is 58.7 Å². The van der Waals surface area contributed by atoms with Crippen molar-refractivity contribution in [2.45, 2.75) is 19.9 Å². The molecule has 0 aromatic carbocycles. The highest BCUT2D eigenvalue weighted by Crippen LogP contribution is 1.96. The van der Waals surface area contributed by atoms with Gasteiger partial charge in [-0.2, -0.15) is 0 Å². The maximum Gasteiger partial charge on any atom is 0.242 e. The number of aromatic nitrogens is 3. The average molecular weight is 146 g/mol. The van der Waals surface area contributed by atoms with Crippen LogP contribution in [0.2, 0.25) is 5.28 Å². The Morgan fingerprint density at radius 2 is 2.56 bits per heavy atom. The monoisotopic (exact) mass is 145 g/mol. The standard InChI is InChI=1S/C5H8ClN3/c1-2-3-9-4-7-5(6)8-9/h4H,2-3H2,1H3. The van der Waals surface area contributed by atoms with Crippen LogP contribution in [0.1, 0.15) is 13.3 Å². The van der Waals surface area contributed by atoms with Gasteiger partial charge in [0.25, 0.3) is 0 Å². The molecule has 0 saturated carbocycles. The molecule has 50 valence electrons. The van der Waals surface area contributed by atoms with Gasteiger partial charge in [0.1, 0.15) is 6.33 Å². The molecule has 3 nitrogen and oxygen atoms in total.